The predicted molar refractivity (Wildman–Crippen MR) is 53.8 cm³/mol. The largest absolute Gasteiger partial charge is 0.455 e. The molecular weight excluding hydrogens is 182 g/mol. The molecule has 14 heavy (non-hydrogen) atoms. The zero-order valence-corrected chi connectivity index (χ0v) is 9.16. The maximum atomic E-state index is 11.7. The molecule has 1 amide bonds. The monoisotopic (exact) mass is 201 g/mol. The van der Waals surface area contributed by atoms with Gasteiger partial charge < -0.3 is 9.64 Å². The molecule has 0 aromatic rings. The minimum atomic E-state index is -0.661. The van der Waals surface area contributed by atoms with Gasteiger partial charge in [-0.25, -0.2) is 0 Å². The molecule has 4 nitrogen and oxygen atoms in total. The molecule has 0 aliphatic carbocycles. The highest BCUT2D eigenvalue weighted by atomic mass is 16.5. The van der Waals surface area contributed by atoms with Crippen molar-refractivity contribution >= 4 is 12.4 Å². The van der Waals surface area contributed by atoms with Crippen molar-refractivity contribution in [2.24, 2.45) is 0 Å². The van der Waals surface area contributed by atoms with Gasteiger partial charge in [0.1, 0.15) is 0 Å². The van der Waals surface area contributed by atoms with Crippen molar-refractivity contribution in [3.63, 3.8) is 0 Å². The quantitative estimate of drug-likeness (QED) is 0.581. The summed E-state index contributed by atoms with van der Waals surface area (Å²) < 4.78 is 4.61. The van der Waals surface area contributed by atoms with Crippen LogP contribution in [0.1, 0.15) is 33.6 Å². The Labute approximate surface area is 85.2 Å². The van der Waals surface area contributed by atoms with E-state index in [4.69, 9.17) is 0 Å². The van der Waals surface area contributed by atoms with E-state index in [1.165, 1.54) is 0 Å². The first kappa shape index (κ1) is 12.9. The van der Waals surface area contributed by atoms with E-state index in [1.54, 1.807) is 11.8 Å². The van der Waals surface area contributed by atoms with Crippen LogP contribution in [0.5, 0.6) is 0 Å². The lowest BCUT2D eigenvalue weighted by molar-refractivity contribution is -0.150. The molecule has 0 saturated carbocycles. The number of hydrogen-bond acceptors (Lipinski definition) is 3. The predicted octanol–water partition coefficient (Wildman–Crippen LogP) is 1.20. The van der Waals surface area contributed by atoms with Crippen molar-refractivity contribution in [3.8, 4) is 0 Å². The number of hydrogen-bond donors (Lipinski definition) is 0. The van der Waals surface area contributed by atoms with Crippen molar-refractivity contribution in [1.29, 1.82) is 0 Å². The first-order valence-electron chi connectivity index (χ1n) is 5.05. The molecule has 4 heteroatoms. The van der Waals surface area contributed by atoms with Crippen LogP contribution in [0.25, 0.3) is 0 Å². The van der Waals surface area contributed by atoms with Gasteiger partial charge in [-0.1, -0.05) is 13.8 Å². The zero-order chi connectivity index (χ0) is 11.0. The third-order valence-electron chi connectivity index (χ3n) is 1.91. The molecular formula is C10H19NO3. The topological polar surface area (TPSA) is 46.6 Å². The molecule has 0 aromatic carbocycles. The Morgan fingerprint density at radius 3 is 2.21 bits per heavy atom. The maximum Gasteiger partial charge on any atom is 0.293 e. The summed E-state index contributed by atoms with van der Waals surface area (Å²) in [5.41, 5.74) is 0. The first-order chi connectivity index (χ1) is 6.67. The van der Waals surface area contributed by atoms with E-state index in [0.29, 0.717) is 6.47 Å². The highest BCUT2D eigenvalue weighted by molar-refractivity contribution is 5.81. The van der Waals surface area contributed by atoms with Crippen LogP contribution in [-0.2, 0) is 14.3 Å². The summed E-state index contributed by atoms with van der Waals surface area (Å²) >= 11 is 0. The number of carbonyl (C=O) groups is 2. The Balaban J connectivity index is 4.18. The van der Waals surface area contributed by atoms with E-state index in [9.17, 15) is 9.59 Å². The summed E-state index contributed by atoms with van der Waals surface area (Å²) in [4.78, 5) is 23.5. The second-order valence-electron chi connectivity index (χ2n) is 3.20. The number of carbonyl (C=O) groups excluding carboxylic acids is 2. The highest BCUT2D eigenvalue weighted by Crippen LogP contribution is 2.01. The first-order valence-corrected chi connectivity index (χ1v) is 5.05. The van der Waals surface area contributed by atoms with Gasteiger partial charge >= 0.3 is 0 Å². The minimum absolute atomic E-state index is 0.110. The Morgan fingerprint density at radius 2 is 1.86 bits per heavy atom. The molecule has 0 aromatic heterocycles. The lowest BCUT2D eigenvalue weighted by Crippen LogP contribution is -2.39. The molecule has 0 fully saturated rings. The van der Waals surface area contributed by atoms with E-state index in [2.05, 4.69) is 4.74 Å². The minimum Gasteiger partial charge on any atom is -0.455 e. The maximum absolute atomic E-state index is 11.7. The van der Waals surface area contributed by atoms with Crippen LogP contribution in [-0.4, -0.2) is 36.5 Å². The third-order valence-corrected chi connectivity index (χ3v) is 1.91. The lowest BCUT2D eigenvalue weighted by atomic mass is 10.3. The lowest BCUT2D eigenvalue weighted by Gasteiger charge is -2.23. The van der Waals surface area contributed by atoms with Crippen LogP contribution in [0.3, 0.4) is 0 Å². The molecule has 0 aliphatic heterocycles. The van der Waals surface area contributed by atoms with Gasteiger partial charge in [-0.3, -0.25) is 9.59 Å². The average molecular weight is 201 g/mol. The van der Waals surface area contributed by atoms with Crippen molar-refractivity contribution in [2.45, 2.75) is 39.7 Å². The standard InChI is InChI=1S/C10H19NO3/c1-4-6-11(7-5-2)10(13)9(3)14-8-12/h8-9H,4-7H2,1-3H3. The average Bonchev–Trinajstić information content (AvgIpc) is 2.17. The van der Waals surface area contributed by atoms with Crippen LogP contribution < -0.4 is 0 Å². The van der Waals surface area contributed by atoms with Crippen LogP contribution in [0.15, 0.2) is 0 Å². The van der Waals surface area contributed by atoms with E-state index < -0.39 is 6.10 Å². The summed E-state index contributed by atoms with van der Waals surface area (Å²) in [6, 6.07) is 0. The van der Waals surface area contributed by atoms with Crippen molar-refractivity contribution in [2.75, 3.05) is 13.1 Å². The van der Waals surface area contributed by atoms with Crippen LogP contribution >= 0.6 is 0 Å². The highest BCUT2D eigenvalue weighted by Gasteiger charge is 2.19. The van der Waals surface area contributed by atoms with Gasteiger partial charge in [-0.15, -0.1) is 0 Å². The summed E-state index contributed by atoms with van der Waals surface area (Å²) in [5.74, 6) is -0.110. The SMILES string of the molecule is CCCN(CCC)C(=O)C(C)OC=O. The van der Waals surface area contributed by atoms with Gasteiger partial charge in [0.25, 0.3) is 12.4 Å². The number of amides is 1. The zero-order valence-electron chi connectivity index (χ0n) is 9.16. The Hall–Kier alpha value is -1.06. The summed E-state index contributed by atoms with van der Waals surface area (Å²) in [7, 11) is 0. The van der Waals surface area contributed by atoms with Gasteiger partial charge in [0, 0.05) is 13.1 Å². The third kappa shape index (κ3) is 4.25. The summed E-state index contributed by atoms with van der Waals surface area (Å²) in [6.07, 6.45) is 1.17. The van der Waals surface area contributed by atoms with Gasteiger partial charge in [0.15, 0.2) is 6.10 Å². The van der Waals surface area contributed by atoms with Crippen LogP contribution in [0.4, 0.5) is 0 Å². The van der Waals surface area contributed by atoms with Crippen molar-refractivity contribution in [3.05, 3.63) is 0 Å². The van der Waals surface area contributed by atoms with E-state index in [-0.39, 0.29) is 5.91 Å². The Bertz CT molecular complexity index is 176. The normalized spacial score (nSPS) is 11.9. The molecule has 0 spiro atoms. The van der Waals surface area contributed by atoms with E-state index >= 15 is 0 Å². The molecule has 0 saturated heterocycles. The fraction of sp³-hybridized carbons (Fsp3) is 0.800. The molecule has 0 aliphatic rings. The van der Waals surface area contributed by atoms with Gasteiger partial charge in [0.2, 0.25) is 0 Å². The van der Waals surface area contributed by atoms with Crippen LogP contribution in [0, 0.1) is 0 Å². The molecule has 1 unspecified atom stereocenters. The number of rotatable bonds is 7. The molecule has 0 rings (SSSR count). The fourth-order valence-electron chi connectivity index (χ4n) is 1.27. The van der Waals surface area contributed by atoms with E-state index in [0.717, 1.165) is 25.9 Å². The molecule has 0 heterocycles. The molecule has 0 N–H and O–H groups in total. The van der Waals surface area contributed by atoms with E-state index in [1.807, 2.05) is 13.8 Å². The Kier molecular flexibility index (Phi) is 6.80. The molecule has 0 bridgehead atoms. The second-order valence-corrected chi connectivity index (χ2v) is 3.20. The van der Waals surface area contributed by atoms with Crippen LogP contribution in [0.2, 0.25) is 0 Å². The molecule has 82 valence electrons. The smallest absolute Gasteiger partial charge is 0.293 e. The molecule has 0 radical (unpaired) electrons. The van der Waals surface area contributed by atoms with Crippen molar-refractivity contribution in [1.82, 2.24) is 4.90 Å². The van der Waals surface area contributed by atoms with Crippen molar-refractivity contribution < 1.29 is 14.3 Å². The van der Waals surface area contributed by atoms with Gasteiger partial charge in [0.05, 0.1) is 0 Å². The Morgan fingerprint density at radius 1 is 1.36 bits per heavy atom. The molecule has 1 atom stereocenters. The second kappa shape index (κ2) is 7.35. The summed E-state index contributed by atoms with van der Waals surface area (Å²) in [5, 5.41) is 0. The number of ether oxygens (including phenoxy) is 1. The van der Waals surface area contributed by atoms with Gasteiger partial charge in [-0.2, -0.15) is 0 Å². The summed E-state index contributed by atoms with van der Waals surface area (Å²) in [6.45, 7) is 7.38. The fourth-order valence-corrected chi connectivity index (χ4v) is 1.27. The number of nitrogens with zero attached hydrogens (tertiary/aromatic N) is 1. The van der Waals surface area contributed by atoms with Gasteiger partial charge in [-0.05, 0) is 19.8 Å².